The normalized spacial score (nSPS) is 19.1. The van der Waals surface area contributed by atoms with E-state index in [9.17, 15) is 4.79 Å². The van der Waals surface area contributed by atoms with Crippen LogP contribution in [0.1, 0.15) is 34.8 Å². The third kappa shape index (κ3) is 2.43. The third-order valence-corrected chi connectivity index (χ3v) is 5.28. The highest BCUT2D eigenvalue weighted by molar-refractivity contribution is 6.06. The number of nitrogens with one attached hydrogen (secondary N) is 1. The highest BCUT2D eigenvalue weighted by Crippen LogP contribution is 2.39. The number of hydrogen-bond donors (Lipinski definition) is 1. The van der Waals surface area contributed by atoms with Crippen LogP contribution in [-0.2, 0) is 0 Å². The largest absolute Gasteiger partial charge is 0.486 e. The number of carbonyl (C=O) groups is 1. The van der Waals surface area contributed by atoms with Gasteiger partial charge in [-0.05, 0) is 36.6 Å². The number of ether oxygens (including phenoxy) is 2. The summed E-state index contributed by atoms with van der Waals surface area (Å²) in [5.74, 6) is 1.65. The summed E-state index contributed by atoms with van der Waals surface area (Å²) in [5.41, 5.74) is 2.84. The molecular formula is C21H20N2O3. The van der Waals surface area contributed by atoms with Crippen LogP contribution in [0.2, 0.25) is 0 Å². The van der Waals surface area contributed by atoms with Crippen molar-refractivity contribution in [2.75, 3.05) is 19.8 Å². The maximum atomic E-state index is 13.2. The Hall–Kier alpha value is -2.95. The number of amides is 1. The summed E-state index contributed by atoms with van der Waals surface area (Å²) in [7, 11) is 0. The lowest BCUT2D eigenvalue weighted by atomic mass is 10.0. The highest BCUT2D eigenvalue weighted by Gasteiger charge is 2.32. The Bertz CT molecular complexity index is 978. The maximum absolute atomic E-state index is 13.2. The Kier molecular flexibility index (Phi) is 3.59. The van der Waals surface area contributed by atoms with E-state index >= 15 is 0 Å². The van der Waals surface area contributed by atoms with Crippen molar-refractivity contribution in [3.05, 3.63) is 59.8 Å². The molecule has 2 aliphatic rings. The first-order valence-electron chi connectivity index (χ1n) is 9.08. The molecule has 1 fully saturated rings. The Labute approximate surface area is 151 Å². The molecule has 1 N–H and O–H groups in total. The quantitative estimate of drug-likeness (QED) is 0.764. The lowest BCUT2D eigenvalue weighted by Crippen LogP contribution is -2.30. The second-order valence-corrected chi connectivity index (χ2v) is 6.81. The molecule has 0 aliphatic carbocycles. The van der Waals surface area contributed by atoms with Crippen LogP contribution >= 0.6 is 0 Å². The molecule has 5 nitrogen and oxygen atoms in total. The number of fused-ring (bicyclic) bond motifs is 2. The van der Waals surface area contributed by atoms with E-state index in [1.165, 1.54) is 0 Å². The molecular weight excluding hydrogens is 328 g/mol. The molecule has 26 heavy (non-hydrogen) atoms. The van der Waals surface area contributed by atoms with E-state index in [0.717, 1.165) is 52.9 Å². The number of hydrogen-bond acceptors (Lipinski definition) is 3. The first kappa shape index (κ1) is 15.3. The Morgan fingerprint density at radius 1 is 1.08 bits per heavy atom. The lowest BCUT2D eigenvalue weighted by molar-refractivity contribution is 0.0737. The first-order valence-corrected chi connectivity index (χ1v) is 9.08. The van der Waals surface area contributed by atoms with Crippen molar-refractivity contribution in [2.24, 2.45) is 0 Å². The fourth-order valence-electron chi connectivity index (χ4n) is 4.03. The molecule has 1 amide bonds. The fraction of sp³-hybridized carbons (Fsp3) is 0.286. The molecule has 132 valence electrons. The molecule has 2 aliphatic heterocycles. The first-order chi connectivity index (χ1) is 12.8. The van der Waals surface area contributed by atoms with Gasteiger partial charge in [0.25, 0.3) is 5.91 Å². The summed E-state index contributed by atoms with van der Waals surface area (Å²) in [6, 6.07) is 14.0. The molecule has 1 saturated heterocycles. The zero-order chi connectivity index (χ0) is 17.5. The molecule has 5 heteroatoms. The molecule has 1 aromatic heterocycles. The number of para-hydroxylation sites is 1. The molecule has 1 atom stereocenters. The Balaban J connectivity index is 1.48. The van der Waals surface area contributed by atoms with E-state index in [4.69, 9.17) is 9.47 Å². The van der Waals surface area contributed by atoms with Crippen molar-refractivity contribution in [1.29, 1.82) is 0 Å². The van der Waals surface area contributed by atoms with Crippen LogP contribution in [0.15, 0.2) is 48.7 Å². The minimum Gasteiger partial charge on any atom is -0.486 e. The zero-order valence-electron chi connectivity index (χ0n) is 14.4. The van der Waals surface area contributed by atoms with Crippen LogP contribution in [-0.4, -0.2) is 35.5 Å². The SMILES string of the molecule is O=C(c1c[nH]c2ccccc12)N1CCC[C@@H]1c1ccc2c(c1)OCCO2. The molecule has 5 rings (SSSR count). The van der Waals surface area contributed by atoms with Gasteiger partial charge in [-0.1, -0.05) is 24.3 Å². The number of carbonyl (C=O) groups excluding carboxylic acids is 1. The molecule has 0 spiro atoms. The highest BCUT2D eigenvalue weighted by atomic mass is 16.6. The molecule has 3 heterocycles. The second kappa shape index (κ2) is 6.09. The number of aromatic nitrogens is 1. The van der Waals surface area contributed by atoms with E-state index in [1.54, 1.807) is 0 Å². The number of likely N-dealkylation sites (tertiary alicyclic amines) is 1. The van der Waals surface area contributed by atoms with Gasteiger partial charge in [-0.2, -0.15) is 0 Å². The standard InChI is InChI=1S/C21H20N2O3/c24-21(16-13-22-17-5-2-1-4-15(16)17)23-9-3-6-18(23)14-7-8-19-20(12-14)26-11-10-25-19/h1-2,4-5,7-8,12-13,18,22H,3,6,9-11H2/t18-/m1/s1. The minimum atomic E-state index is 0.0759. The van der Waals surface area contributed by atoms with Gasteiger partial charge in [-0.25, -0.2) is 0 Å². The van der Waals surface area contributed by atoms with Crippen LogP contribution in [0.4, 0.5) is 0 Å². The number of aromatic amines is 1. The van der Waals surface area contributed by atoms with Crippen LogP contribution in [0.25, 0.3) is 10.9 Å². The van der Waals surface area contributed by atoms with E-state index < -0.39 is 0 Å². The number of rotatable bonds is 2. The van der Waals surface area contributed by atoms with Gasteiger partial charge in [0, 0.05) is 23.6 Å². The smallest absolute Gasteiger partial charge is 0.256 e. The van der Waals surface area contributed by atoms with Gasteiger partial charge < -0.3 is 19.4 Å². The molecule has 0 radical (unpaired) electrons. The summed E-state index contributed by atoms with van der Waals surface area (Å²) < 4.78 is 11.3. The van der Waals surface area contributed by atoms with Crippen LogP contribution < -0.4 is 9.47 Å². The summed E-state index contributed by atoms with van der Waals surface area (Å²) >= 11 is 0. The Morgan fingerprint density at radius 3 is 2.85 bits per heavy atom. The molecule has 0 saturated carbocycles. The van der Waals surface area contributed by atoms with Crippen LogP contribution in [0, 0.1) is 0 Å². The van der Waals surface area contributed by atoms with Gasteiger partial charge in [-0.3, -0.25) is 4.79 Å². The van der Waals surface area contributed by atoms with Crippen molar-refractivity contribution in [2.45, 2.75) is 18.9 Å². The third-order valence-electron chi connectivity index (χ3n) is 5.28. The van der Waals surface area contributed by atoms with Crippen LogP contribution in [0.3, 0.4) is 0 Å². The number of H-pyrrole nitrogens is 1. The second-order valence-electron chi connectivity index (χ2n) is 6.81. The topological polar surface area (TPSA) is 54.6 Å². The van der Waals surface area contributed by atoms with E-state index in [-0.39, 0.29) is 11.9 Å². The predicted octanol–water partition coefficient (Wildman–Crippen LogP) is 3.92. The average molecular weight is 348 g/mol. The van der Waals surface area contributed by atoms with Crippen molar-refractivity contribution in [3.8, 4) is 11.5 Å². The van der Waals surface area contributed by atoms with Gasteiger partial charge in [0.1, 0.15) is 13.2 Å². The van der Waals surface area contributed by atoms with Gasteiger partial charge >= 0.3 is 0 Å². The fourth-order valence-corrected chi connectivity index (χ4v) is 4.03. The molecule has 2 aromatic carbocycles. The van der Waals surface area contributed by atoms with Gasteiger partial charge in [0.2, 0.25) is 0 Å². The van der Waals surface area contributed by atoms with Gasteiger partial charge in [-0.15, -0.1) is 0 Å². The minimum absolute atomic E-state index is 0.0759. The predicted molar refractivity (Wildman–Crippen MR) is 98.7 cm³/mol. The number of benzene rings is 2. The molecule has 3 aromatic rings. The van der Waals surface area contributed by atoms with Gasteiger partial charge in [0.15, 0.2) is 11.5 Å². The van der Waals surface area contributed by atoms with Crippen molar-refractivity contribution >= 4 is 16.8 Å². The van der Waals surface area contributed by atoms with E-state index in [1.807, 2.05) is 47.5 Å². The summed E-state index contributed by atoms with van der Waals surface area (Å²) in [4.78, 5) is 18.4. The monoisotopic (exact) mass is 348 g/mol. The zero-order valence-corrected chi connectivity index (χ0v) is 14.4. The summed E-state index contributed by atoms with van der Waals surface area (Å²) in [6.45, 7) is 1.93. The maximum Gasteiger partial charge on any atom is 0.256 e. The summed E-state index contributed by atoms with van der Waals surface area (Å²) in [5, 5.41) is 0.977. The van der Waals surface area contributed by atoms with Crippen LogP contribution in [0.5, 0.6) is 11.5 Å². The van der Waals surface area contributed by atoms with Crippen molar-refractivity contribution in [3.63, 3.8) is 0 Å². The number of nitrogens with zero attached hydrogens (tertiary/aromatic N) is 1. The van der Waals surface area contributed by atoms with E-state index in [0.29, 0.717) is 13.2 Å². The van der Waals surface area contributed by atoms with Gasteiger partial charge in [0.05, 0.1) is 11.6 Å². The molecule has 0 unspecified atom stereocenters. The molecule has 0 bridgehead atoms. The Morgan fingerprint density at radius 2 is 1.92 bits per heavy atom. The van der Waals surface area contributed by atoms with Crippen molar-refractivity contribution < 1.29 is 14.3 Å². The van der Waals surface area contributed by atoms with Crippen molar-refractivity contribution in [1.82, 2.24) is 9.88 Å². The summed E-state index contributed by atoms with van der Waals surface area (Å²) in [6.07, 6.45) is 3.80. The lowest BCUT2D eigenvalue weighted by Gasteiger charge is -2.26. The average Bonchev–Trinajstić information content (AvgIpc) is 3.34. The van der Waals surface area contributed by atoms with E-state index in [2.05, 4.69) is 11.1 Å².